The van der Waals surface area contributed by atoms with Crippen molar-refractivity contribution >= 4 is 35.4 Å². The number of H-pyrrole nitrogens is 1. The Morgan fingerprint density at radius 3 is 2.68 bits per heavy atom. The number of rotatable bonds is 9. The maximum Gasteiger partial charge on any atom is 0.306 e. The van der Waals surface area contributed by atoms with Gasteiger partial charge in [0.05, 0.1) is 11.4 Å². The van der Waals surface area contributed by atoms with Gasteiger partial charge in [-0.1, -0.05) is 19.4 Å². The van der Waals surface area contributed by atoms with Crippen LogP contribution in [0, 0.1) is 6.92 Å². The lowest BCUT2D eigenvalue weighted by Gasteiger charge is -2.29. The summed E-state index contributed by atoms with van der Waals surface area (Å²) in [7, 11) is 0. The number of hydrogen-bond acceptors (Lipinski definition) is 7. The van der Waals surface area contributed by atoms with Gasteiger partial charge in [-0.05, 0) is 71.1 Å². The van der Waals surface area contributed by atoms with Gasteiger partial charge in [0.1, 0.15) is 11.1 Å². The van der Waals surface area contributed by atoms with Gasteiger partial charge in [-0.3, -0.25) is 9.59 Å². The zero-order valence-electron chi connectivity index (χ0n) is 20.7. The fourth-order valence-electron chi connectivity index (χ4n) is 4.13. The van der Waals surface area contributed by atoms with Gasteiger partial charge in [-0.15, -0.1) is 0 Å². The van der Waals surface area contributed by atoms with Crippen molar-refractivity contribution in [3.63, 3.8) is 0 Å². The maximum atomic E-state index is 12.6. The molecule has 1 aliphatic heterocycles. The number of anilines is 3. The minimum absolute atomic E-state index is 0.148. The summed E-state index contributed by atoms with van der Waals surface area (Å²) in [6.45, 7) is 12.2. The summed E-state index contributed by atoms with van der Waals surface area (Å²) < 4.78 is 5.38. The highest BCUT2D eigenvalue weighted by molar-refractivity contribution is 5.80. The van der Waals surface area contributed by atoms with Gasteiger partial charge in [0.25, 0.3) is 5.56 Å². The van der Waals surface area contributed by atoms with E-state index < -0.39 is 5.60 Å². The first-order valence-corrected chi connectivity index (χ1v) is 12.2. The Balaban J connectivity index is 1.48. The van der Waals surface area contributed by atoms with Crippen LogP contribution >= 0.6 is 0 Å². The summed E-state index contributed by atoms with van der Waals surface area (Å²) >= 11 is 0. The Morgan fingerprint density at radius 1 is 1.24 bits per heavy atom. The van der Waals surface area contributed by atoms with Crippen LogP contribution in [0.25, 0.3) is 6.58 Å². The number of nitrogens with zero attached hydrogens (tertiary/aromatic N) is 3. The number of aromatic nitrogens is 2. The van der Waals surface area contributed by atoms with E-state index in [4.69, 9.17) is 4.74 Å². The minimum Gasteiger partial charge on any atom is -0.460 e. The van der Waals surface area contributed by atoms with Crippen molar-refractivity contribution in [1.29, 1.82) is 0 Å². The second-order valence-corrected chi connectivity index (χ2v) is 10.3. The standard InChI is InChI=1S/C26H35N5O3/c1-16-14-20-21(15-19(16)29-18-11-12-18)31(24-23(30-20)25(33)28-17(2)27-24)13-9-7-6-8-10-22(32)34-26(3,4)5/h14-15,18,29H,2,6-13H2,1,3-5H3,(H,28,33). The topological polar surface area (TPSA) is 99.7 Å². The van der Waals surface area contributed by atoms with Crippen LogP contribution in [0.15, 0.2) is 21.9 Å². The van der Waals surface area contributed by atoms with E-state index in [0.29, 0.717) is 35.7 Å². The Morgan fingerprint density at radius 2 is 1.97 bits per heavy atom. The molecule has 8 heteroatoms. The van der Waals surface area contributed by atoms with Crippen LogP contribution < -0.4 is 26.6 Å². The molecule has 2 aliphatic rings. The summed E-state index contributed by atoms with van der Waals surface area (Å²) in [5.74, 6) is 0.404. The second kappa shape index (κ2) is 9.60. The third kappa shape index (κ3) is 5.85. The van der Waals surface area contributed by atoms with Crippen molar-refractivity contribution in [2.45, 2.75) is 84.3 Å². The van der Waals surface area contributed by atoms with Gasteiger partial charge < -0.3 is 19.9 Å². The first-order chi connectivity index (χ1) is 16.1. The number of ether oxygens (including phenoxy) is 1. The van der Waals surface area contributed by atoms with Gasteiger partial charge in [-0.2, -0.15) is 0 Å². The van der Waals surface area contributed by atoms with E-state index >= 15 is 0 Å². The largest absolute Gasteiger partial charge is 0.460 e. The van der Waals surface area contributed by atoms with Crippen molar-refractivity contribution < 1.29 is 9.53 Å². The van der Waals surface area contributed by atoms with Crippen molar-refractivity contribution in [1.82, 2.24) is 9.97 Å². The van der Waals surface area contributed by atoms with Gasteiger partial charge in [0.15, 0.2) is 11.2 Å². The summed E-state index contributed by atoms with van der Waals surface area (Å²) in [6, 6.07) is 4.70. The lowest BCUT2D eigenvalue weighted by molar-refractivity contribution is -0.154. The number of unbranched alkanes of at least 4 members (excludes halogenated alkanes) is 3. The van der Waals surface area contributed by atoms with Crippen LogP contribution in [-0.2, 0) is 9.53 Å². The Labute approximate surface area is 200 Å². The van der Waals surface area contributed by atoms with E-state index in [1.807, 2.05) is 26.8 Å². The summed E-state index contributed by atoms with van der Waals surface area (Å²) in [5.41, 5.74) is 3.54. The van der Waals surface area contributed by atoms with Gasteiger partial charge in [0.2, 0.25) is 0 Å². The minimum atomic E-state index is -0.444. The predicted octanol–water partition coefficient (Wildman–Crippen LogP) is 3.76. The highest BCUT2D eigenvalue weighted by Gasteiger charge is 2.26. The molecule has 1 aliphatic carbocycles. The van der Waals surface area contributed by atoms with E-state index in [2.05, 4.69) is 44.7 Å². The predicted molar refractivity (Wildman–Crippen MR) is 135 cm³/mol. The number of carbonyl (C=O) groups excluding carboxylic acids is 1. The van der Waals surface area contributed by atoms with Crippen molar-refractivity contribution in [3.8, 4) is 0 Å². The molecule has 0 amide bonds. The number of esters is 1. The lowest BCUT2D eigenvalue weighted by Crippen LogP contribution is -2.42. The third-order valence-electron chi connectivity index (χ3n) is 5.90. The molecule has 0 radical (unpaired) electrons. The number of benzene rings is 1. The van der Waals surface area contributed by atoms with Crippen LogP contribution in [0.3, 0.4) is 0 Å². The highest BCUT2D eigenvalue weighted by Crippen LogP contribution is 2.40. The maximum absolute atomic E-state index is 12.6. The lowest BCUT2D eigenvalue weighted by atomic mass is 10.1. The SMILES string of the molecule is C=c1nc2c(c(=O)[nH]1)=Nc1cc(C)c(NC3CC3)cc1N2CCCCCCC(=O)OC(C)(C)C. The average Bonchev–Trinajstić information content (AvgIpc) is 3.54. The fourth-order valence-corrected chi connectivity index (χ4v) is 4.13. The van der Waals surface area contributed by atoms with E-state index in [1.165, 1.54) is 12.8 Å². The number of aryl methyl sites for hydroxylation is 1. The molecule has 1 fully saturated rings. The second-order valence-electron chi connectivity index (χ2n) is 10.3. The molecule has 0 bridgehead atoms. The monoisotopic (exact) mass is 465 g/mol. The molecule has 1 aromatic heterocycles. The normalized spacial score (nSPS) is 14.8. The number of aromatic amines is 1. The average molecular weight is 466 g/mol. The molecule has 1 aromatic carbocycles. The summed E-state index contributed by atoms with van der Waals surface area (Å²) in [6.07, 6.45) is 6.41. The van der Waals surface area contributed by atoms with Gasteiger partial charge in [-0.25, -0.2) is 9.98 Å². The van der Waals surface area contributed by atoms with Gasteiger partial charge in [0, 0.05) is 24.7 Å². The van der Waals surface area contributed by atoms with E-state index in [1.54, 1.807) is 0 Å². The quantitative estimate of drug-likeness (QED) is 0.432. The van der Waals surface area contributed by atoms with Crippen LogP contribution in [0.2, 0.25) is 0 Å². The fraction of sp³-hybridized carbons (Fsp3) is 0.538. The summed E-state index contributed by atoms with van der Waals surface area (Å²) in [5, 5.41) is 3.93. The number of hydrogen-bond donors (Lipinski definition) is 2. The number of fused-ring (bicyclic) bond motifs is 2. The smallest absolute Gasteiger partial charge is 0.306 e. The van der Waals surface area contributed by atoms with Crippen molar-refractivity contribution in [2.75, 3.05) is 16.8 Å². The molecule has 2 heterocycles. The Hall–Kier alpha value is -3.16. The number of nitrogens with one attached hydrogen (secondary N) is 2. The molecule has 2 aromatic rings. The molecule has 0 saturated heterocycles. The molecule has 0 atom stereocenters. The van der Waals surface area contributed by atoms with Crippen molar-refractivity contribution in [3.05, 3.63) is 38.9 Å². The molecule has 8 nitrogen and oxygen atoms in total. The zero-order chi connectivity index (χ0) is 24.5. The van der Waals surface area contributed by atoms with E-state index in [0.717, 1.165) is 48.3 Å². The molecular weight excluding hydrogens is 430 g/mol. The molecule has 4 rings (SSSR count). The van der Waals surface area contributed by atoms with E-state index in [9.17, 15) is 9.59 Å². The zero-order valence-corrected chi connectivity index (χ0v) is 20.7. The van der Waals surface area contributed by atoms with Crippen molar-refractivity contribution in [2.24, 2.45) is 4.99 Å². The molecule has 2 N–H and O–H groups in total. The first-order valence-electron chi connectivity index (χ1n) is 12.2. The molecule has 34 heavy (non-hydrogen) atoms. The third-order valence-corrected chi connectivity index (χ3v) is 5.90. The molecule has 0 unspecified atom stereocenters. The first kappa shape index (κ1) is 24.0. The van der Waals surface area contributed by atoms with Crippen LogP contribution in [0.5, 0.6) is 0 Å². The summed E-state index contributed by atoms with van der Waals surface area (Å²) in [4.78, 5) is 38.5. The Bertz CT molecular complexity index is 1240. The van der Waals surface area contributed by atoms with Crippen LogP contribution in [-0.4, -0.2) is 34.1 Å². The van der Waals surface area contributed by atoms with E-state index in [-0.39, 0.29) is 11.5 Å². The molecular formula is C26H35N5O3. The van der Waals surface area contributed by atoms with Crippen LogP contribution in [0.4, 0.5) is 22.9 Å². The number of carbonyl (C=O) groups is 1. The molecule has 182 valence electrons. The molecule has 0 spiro atoms. The Kier molecular flexibility index (Phi) is 6.77. The highest BCUT2D eigenvalue weighted by atomic mass is 16.6. The van der Waals surface area contributed by atoms with Crippen LogP contribution in [0.1, 0.15) is 71.3 Å². The molecule has 1 saturated carbocycles. The van der Waals surface area contributed by atoms with Gasteiger partial charge >= 0.3 is 5.97 Å².